The normalized spacial score (nSPS) is 16.2. The van der Waals surface area contributed by atoms with Crippen molar-refractivity contribution in [1.82, 2.24) is 5.32 Å². The Balaban J connectivity index is 0.00000364. The second-order valence-electron chi connectivity index (χ2n) is 6.69. The van der Waals surface area contributed by atoms with Gasteiger partial charge in [0, 0.05) is 30.8 Å². The fraction of sp³-hybridized carbons (Fsp3) is 0.556. The minimum atomic E-state index is -4.62. The lowest BCUT2D eigenvalue weighted by atomic mass is 9.84. The van der Waals surface area contributed by atoms with Crippen LogP contribution in [0.3, 0.4) is 0 Å². The Morgan fingerprint density at radius 2 is 1.81 bits per heavy atom. The molecule has 2 amide bonds. The molecule has 0 spiro atoms. The second kappa shape index (κ2) is 9.94. The predicted molar refractivity (Wildman–Crippen MR) is 99.9 cm³/mol. The van der Waals surface area contributed by atoms with Gasteiger partial charge in [-0.05, 0) is 37.0 Å². The molecule has 0 saturated heterocycles. The van der Waals surface area contributed by atoms with Crippen molar-refractivity contribution in [2.45, 2.75) is 51.2 Å². The zero-order chi connectivity index (χ0) is 19.3. The van der Waals surface area contributed by atoms with E-state index in [9.17, 15) is 22.8 Å². The van der Waals surface area contributed by atoms with Gasteiger partial charge in [0.25, 0.3) is 5.91 Å². The second-order valence-corrected chi connectivity index (χ2v) is 6.69. The maximum absolute atomic E-state index is 13.1. The van der Waals surface area contributed by atoms with Gasteiger partial charge in [-0.15, -0.1) is 12.4 Å². The van der Waals surface area contributed by atoms with Crippen LogP contribution < -0.4 is 16.4 Å². The zero-order valence-corrected chi connectivity index (χ0v) is 15.9. The van der Waals surface area contributed by atoms with E-state index in [0.29, 0.717) is 0 Å². The van der Waals surface area contributed by atoms with E-state index in [1.165, 1.54) is 13.0 Å². The van der Waals surface area contributed by atoms with E-state index >= 15 is 0 Å². The topological polar surface area (TPSA) is 84.2 Å². The molecule has 0 radical (unpaired) electrons. The Kier molecular flexibility index (Phi) is 8.56. The first-order chi connectivity index (χ1) is 12.2. The van der Waals surface area contributed by atoms with Crippen molar-refractivity contribution in [2.75, 3.05) is 11.9 Å². The van der Waals surface area contributed by atoms with Crippen molar-refractivity contribution in [3.8, 4) is 0 Å². The van der Waals surface area contributed by atoms with Crippen LogP contribution in [0.25, 0.3) is 0 Å². The van der Waals surface area contributed by atoms with Gasteiger partial charge in [0.05, 0.1) is 5.56 Å². The van der Waals surface area contributed by atoms with Gasteiger partial charge in [-0.2, -0.15) is 13.2 Å². The molecule has 1 aromatic rings. The SMILES string of the molecule is CC(=O)Nc1cc(C(=O)NC(CN)C2CCCCC2)cc(C(F)(F)F)c1.Cl. The van der Waals surface area contributed by atoms with Crippen molar-refractivity contribution < 1.29 is 22.8 Å². The Morgan fingerprint density at radius 3 is 2.33 bits per heavy atom. The van der Waals surface area contributed by atoms with Crippen LogP contribution in [0.15, 0.2) is 18.2 Å². The van der Waals surface area contributed by atoms with E-state index in [1.54, 1.807) is 0 Å². The summed E-state index contributed by atoms with van der Waals surface area (Å²) in [7, 11) is 0. The molecule has 1 aliphatic carbocycles. The van der Waals surface area contributed by atoms with E-state index in [-0.39, 0.29) is 42.2 Å². The fourth-order valence-electron chi connectivity index (χ4n) is 3.36. The van der Waals surface area contributed by atoms with Crippen molar-refractivity contribution in [3.05, 3.63) is 29.3 Å². The van der Waals surface area contributed by atoms with Gasteiger partial charge < -0.3 is 16.4 Å². The maximum atomic E-state index is 13.1. The molecule has 27 heavy (non-hydrogen) atoms. The highest BCUT2D eigenvalue weighted by molar-refractivity contribution is 5.97. The standard InChI is InChI=1S/C18H24F3N3O2.ClH/c1-11(25)23-15-8-13(7-14(9-15)18(19,20)21)17(26)24-16(10-22)12-5-3-2-4-6-12;/h7-9,12,16H,2-6,10,22H2,1H3,(H,23,25)(H,24,26);1H. The summed E-state index contributed by atoms with van der Waals surface area (Å²) in [5, 5.41) is 5.07. The average molecular weight is 408 g/mol. The average Bonchev–Trinajstić information content (AvgIpc) is 2.58. The number of amides is 2. The van der Waals surface area contributed by atoms with Crippen LogP contribution >= 0.6 is 12.4 Å². The van der Waals surface area contributed by atoms with Gasteiger partial charge in [0.1, 0.15) is 0 Å². The van der Waals surface area contributed by atoms with Crippen molar-refractivity contribution in [2.24, 2.45) is 11.7 Å². The van der Waals surface area contributed by atoms with Crippen LogP contribution in [0.5, 0.6) is 0 Å². The molecule has 2 rings (SSSR count). The van der Waals surface area contributed by atoms with Crippen LogP contribution in [0, 0.1) is 5.92 Å². The number of nitrogens with two attached hydrogens (primary N) is 1. The molecule has 0 heterocycles. The van der Waals surface area contributed by atoms with Crippen LogP contribution in [0.2, 0.25) is 0 Å². The first-order valence-corrected chi connectivity index (χ1v) is 8.71. The van der Waals surface area contributed by atoms with Crippen molar-refractivity contribution in [1.29, 1.82) is 0 Å². The van der Waals surface area contributed by atoms with Gasteiger partial charge in [-0.25, -0.2) is 0 Å². The third-order valence-corrected chi connectivity index (χ3v) is 4.63. The minimum Gasteiger partial charge on any atom is -0.348 e. The molecule has 4 N–H and O–H groups in total. The van der Waals surface area contributed by atoms with E-state index < -0.39 is 23.6 Å². The highest BCUT2D eigenvalue weighted by Crippen LogP contribution is 2.32. The van der Waals surface area contributed by atoms with Crippen molar-refractivity contribution in [3.63, 3.8) is 0 Å². The Hall–Kier alpha value is -1.80. The number of carbonyl (C=O) groups excluding carboxylic acids is 2. The molecule has 9 heteroatoms. The molecule has 0 bridgehead atoms. The third-order valence-electron chi connectivity index (χ3n) is 4.63. The van der Waals surface area contributed by atoms with E-state index in [4.69, 9.17) is 5.73 Å². The molecule has 1 aliphatic rings. The number of anilines is 1. The lowest BCUT2D eigenvalue weighted by Gasteiger charge is -2.30. The molecule has 1 aromatic carbocycles. The van der Waals surface area contributed by atoms with Gasteiger partial charge in [0.2, 0.25) is 5.91 Å². The largest absolute Gasteiger partial charge is 0.416 e. The minimum absolute atomic E-state index is 0. The number of halogens is 4. The number of carbonyl (C=O) groups is 2. The summed E-state index contributed by atoms with van der Waals surface area (Å²) >= 11 is 0. The summed E-state index contributed by atoms with van der Waals surface area (Å²) in [5.74, 6) is -0.903. The summed E-state index contributed by atoms with van der Waals surface area (Å²) in [6.45, 7) is 1.42. The highest BCUT2D eigenvalue weighted by atomic mass is 35.5. The number of benzene rings is 1. The Morgan fingerprint density at radius 1 is 1.19 bits per heavy atom. The summed E-state index contributed by atoms with van der Waals surface area (Å²) < 4.78 is 39.3. The molecule has 1 fully saturated rings. The fourth-order valence-corrected chi connectivity index (χ4v) is 3.36. The quantitative estimate of drug-likeness (QED) is 0.695. The number of nitrogens with one attached hydrogen (secondary N) is 2. The number of hydrogen-bond donors (Lipinski definition) is 3. The Bertz CT molecular complexity index is 662. The summed E-state index contributed by atoms with van der Waals surface area (Å²) in [6.07, 6.45) is 0.542. The summed E-state index contributed by atoms with van der Waals surface area (Å²) in [5.41, 5.74) is 4.56. The molecule has 0 aliphatic heterocycles. The molecule has 5 nitrogen and oxygen atoms in total. The summed E-state index contributed by atoms with van der Waals surface area (Å²) in [4.78, 5) is 23.7. The number of alkyl halides is 3. The van der Waals surface area contributed by atoms with Crippen LogP contribution in [-0.2, 0) is 11.0 Å². The highest BCUT2D eigenvalue weighted by Gasteiger charge is 2.32. The monoisotopic (exact) mass is 407 g/mol. The maximum Gasteiger partial charge on any atom is 0.416 e. The molecular weight excluding hydrogens is 383 g/mol. The first-order valence-electron chi connectivity index (χ1n) is 8.71. The number of rotatable bonds is 5. The predicted octanol–water partition coefficient (Wildman–Crippen LogP) is 3.72. The van der Waals surface area contributed by atoms with E-state index in [1.807, 2.05) is 0 Å². The third kappa shape index (κ3) is 6.70. The Labute approximate surface area is 162 Å². The molecule has 1 atom stereocenters. The van der Waals surface area contributed by atoms with E-state index in [0.717, 1.165) is 44.2 Å². The lowest BCUT2D eigenvalue weighted by molar-refractivity contribution is -0.137. The van der Waals surface area contributed by atoms with Crippen molar-refractivity contribution >= 4 is 29.9 Å². The zero-order valence-electron chi connectivity index (χ0n) is 15.1. The number of hydrogen-bond acceptors (Lipinski definition) is 3. The van der Waals surface area contributed by atoms with Gasteiger partial charge in [-0.1, -0.05) is 19.3 Å². The lowest BCUT2D eigenvalue weighted by Crippen LogP contribution is -2.46. The molecular formula is C18H25ClF3N3O2. The summed E-state index contributed by atoms with van der Waals surface area (Å²) in [6, 6.07) is 2.55. The molecule has 1 unspecified atom stereocenters. The molecule has 0 aromatic heterocycles. The van der Waals surface area contributed by atoms with Gasteiger partial charge in [-0.3, -0.25) is 9.59 Å². The van der Waals surface area contributed by atoms with E-state index in [2.05, 4.69) is 10.6 Å². The van der Waals surface area contributed by atoms with Crippen LogP contribution in [0.1, 0.15) is 54.9 Å². The molecule has 152 valence electrons. The van der Waals surface area contributed by atoms with Gasteiger partial charge >= 0.3 is 6.18 Å². The first kappa shape index (κ1) is 23.2. The van der Waals surface area contributed by atoms with Gasteiger partial charge in [0.15, 0.2) is 0 Å². The smallest absolute Gasteiger partial charge is 0.348 e. The van der Waals surface area contributed by atoms with Crippen LogP contribution in [-0.4, -0.2) is 24.4 Å². The van der Waals surface area contributed by atoms with Crippen LogP contribution in [0.4, 0.5) is 18.9 Å². The molecule has 1 saturated carbocycles.